The Labute approximate surface area is 93.7 Å². The first-order valence-corrected chi connectivity index (χ1v) is 6.55. The second-order valence-electron chi connectivity index (χ2n) is 5.86. The normalized spacial score (nSPS) is 34.4. The van der Waals surface area contributed by atoms with Gasteiger partial charge in [0.25, 0.3) is 0 Å². The molecule has 1 N–H and O–H groups in total. The smallest absolute Gasteiger partial charge is 0.0663 e. The first-order chi connectivity index (χ1) is 7.09. The molecule has 1 heterocycles. The van der Waals surface area contributed by atoms with Gasteiger partial charge in [0, 0.05) is 12.6 Å². The Morgan fingerprint density at radius 2 is 2.00 bits per heavy atom. The van der Waals surface area contributed by atoms with Gasteiger partial charge in [-0.3, -0.25) is 0 Å². The lowest BCUT2D eigenvalue weighted by Crippen LogP contribution is -2.34. The van der Waals surface area contributed by atoms with Gasteiger partial charge in [-0.25, -0.2) is 0 Å². The Hall–Kier alpha value is -0.0800. The average molecular weight is 211 g/mol. The molecule has 88 valence electrons. The van der Waals surface area contributed by atoms with Gasteiger partial charge in [-0.05, 0) is 52.0 Å². The summed E-state index contributed by atoms with van der Waals surface area (Å²) < 4.78 is 0. The van der Waals surface area contributed by atoms with E-state index in [9.17, 15) is 5.11 Å². The second-order valence-corrected chi connectivity index (χ2v) is 5.86. The summed E-state index contributed by atoms with van der Waals surface area (Å²) in [7, 11) is 0. The molecule has 2 heteroatoms. The summed E-state index contributed by atoms with van der Waals surface area (Å²) in [4.78, 5) is 2.50. The Morgan fingerprint density at radius 1 is 1.27 bits per heavy atom. The fourth-order valence-electron chi connectivity index (χ4n) is 2.78. The standard InChI is InChI=1S/C13H25NO/c1-11(2)14-8-3-6-13(15,7-9-14)10-12-4-5-12/h11-12,15H,3-10H2,1-2H3. The highest BCUT2D eigenvalue weighted by Crippen LogP contribution is 2.40. The maximum Gasteiger partial charge on any atom is 0.0663 e. The van der Waals surface area contributed by atoms with E-state index in [1.807, 2.05) is 0 Å². The summed E-state index contributed by atoms with van der Waals surface area (Å²) in [5.74, 6) is 0.848. The van der Waals surface area contributed by atoms with Crippen LogP contribution in [0.5, 0.6) is 0 Å². The van der Waals surface area contributed by atoms with Gasteiger partial charge in [0.05, 0.1) is 5.60 Å². The molecule has 0 aromatic heterocycles. The average Bonchev–Trinajstić information content (AvgIpc) is 2.94. The lowest BCUT2D eigenvalue weighted by Gasteiger charge is -2.28. The molecule has 2 fully saturated rings. The van der Waals surface area contributed by atoms with Gasteiger partial charge in [-0.1, -0.05) is 12.8 Å². The fraction of sp³-hybridized carbons (Fsp3) is 1.00. The zero-order valence-corrected chi connectivity index (χ0v) is 10.2. The van der Waals surface area contributed by atoms with Crippen LogP contribution >= 0.6 is 0 Å². The minimum atomic E-state index is -0.329. The van der Waals surface area contributed by atoms with Crippen molar-refractivity contribution in [3.05, 3.63) is 0 Å². The van der Waals surface area contributed by atoms with E-state index in [-0.39, 0.29) is 5.60 Å². The van der Waals surface area contributed by atoms with Gasteiger partial charge in [0.15, 0.2) is 0 Å². The predicted octanol–water partition coefficient (Wildman–Crippen LogP) is 2.41. The molecule has 1 saturated heterocycles. The summed E-state index contributed by atoms with van der Waals surface area (Å²) in [6, 6.07) is 0.633. The highest BCUT2D eigenvalue weighted by atomic mass is 16.3. The summed E-state index contributed by atoms with van der Waals surface area (Å²) in [5.41, 5.74) is -0.329. The van der Waals surface area contributed by atoms with Crippen LogP contribution in [-0.2, 0) is 0 Å². The molecule has 0 bridgehead atoms. The molecule has 2 nitrogen and oxygen atoms in total. The van der Waals surface area contributed by atoms with Crippen molar-refractivity contribution in [3.8, 4) is 0 Å². The van der Waals surface area contributed by atoms with E-state index in [0.29, 0.717) is 6.04 Å². The number of likely N-dealkylation sites (tertiary alicyclic amines) is 1. The van der Waals surface area contributed by atoms with Crippen LogP contribution < -0.4 is 0 Å². The Morgan fingerprint density at radius 3 is 2.60 bits per heavy atom. The van der Waals surface area contributed by atoms with Crippen LogP contribution in [-0.4, -0.2) is 34.7 Å². The van der Waals surface area contributed by atoms with Gasteiger partial charge in [0.1, 0.15) is 0 Å². The molecule has 2 rings (SSSR count). The summed E-state index contributed by atoms with van der Waals surface area (Å²) >= 11 is 0. The van der Waals surface area contributed by atoms with E-state index in [1.54, 1.807) is 0 Å². The Kier molecular flexibility index (Phi) is 3.36. The van der Waals surface area contributed by atoms with Crippen LogP contribution in [0.2, 0.25) is 0 Å². The van der Waals surface area contributed by atoms with Gasteiger partial charge < -0.3 is 10.0 Å². The molecular weight excluding hydrogens is 186 g/mol. The number of aliphatic hydroxyl groups is 1. The van der Waals surface area contributed by atoms with Crippen molar-refractivity contribution in [3.63, 3.8) is 0 Å². The minimum absolute atomic E-state index is 0.329. The van der Waals surface area contributed by atoms with Gasteiger partial charge in [-0.15, -0.1) is 0 Å². The lowest BCUT2D eigenvalue weighted by molar-refractivity contribution is 0.0110. The molecule has 0 radical (unpaired) electrons. The molecule has 1 atom stereocenters. The molecule has 0 aromatic carbocycles. The predicted molar refractivity (Wildman–Crippen MR) is 62.9 cm³/mol. The molecule has 15 heavy (non-hydrogen) atoms. The van der Waals surface area contributed by atoms with Crippen LogP contribution in [0, 0.1) is 5.92 Å². The summed E-state index contributed by atoms with van der Waals surface area (Å²) in [6.07, 6.45) is 6.96. The third-order valence-corrected chi connectivity index (χ3v) is 4.05. The number of nitrogens with zero attached hydrogens (tertiary/aromatic N) is 1. The zero-order chi connectivity index (χ0) is 10.9. The van der Waals surface area contributed by atoms with E-state index in [0.717, 1.165) is 31.7 Å². The molecule has 0 aromatic rings. The maximum absolute atomic E-state index is 10.5. The van der Waals surface area contributed by atoms with Crippen molar-refractivity contribution in [2.24, 2.45) is 5.92 Å². The molecule has 1 saturated carbocycles. The SMILES string of the molecule is CC(C)N1CCCC(O)(CC2CC2)CC1. The quantitative estimate of drug-likeness (QED) is 0.775. The largest absolute Gasteiger partial charge is 0.390 e. The third kappa shape index (κ3) is 3.18. The number of rotatable bonds is 3. The minimum Gasteiger partial charge on any atom is -0.390 e. The van der Waals surface area contributed by atoms with Crippen LogP contribution in [0.15, 0.2) is 0 Å². The number of hydrogen-bond donors (Lipinski definition) is 1. The first kappa shape index (κ1) is 11.4. The molecule has 0 spiro atoms. The van der Waals surface area contributed by atoms with Crippen molar-refractivity contribution < 1.29 is 5.11 Å². The van der Waals surface area contributed by atoms with Crippen LogP contribution in [0.3, 0.4) is 0 Å². The van der Waals surface area contributed by atoms with E-state index in [4.69, 9.17) is 0 Å². The zero-order valence-electron chi connectivity index (χ0n) is 10.2. The monoisotopic (exact) mass is 211 g/mol. The number of hydrogen-bond acceptors (Lipinski definition) is 2. The Bertz CT molecular complexity index is 213. The molecule has 2 aliphatic rings. The van der Waals surface area contributed by atoms with E-state index >= 15 is 0 Å². The second kappa shape index (κ2) is 4.42. The van der Waals surface area contributed by atoms with Gasteiger partial charge in [-0.2, -0.15) is 0 Å². The Balaban J connectivity index is 1.87. The van der Waals surface area contributed by atoms with E-state index in [2.05, 4.69) is 18.7 Å². The van der Waals surface area contributed by atoms with Crippen molar-refractivity contribution >= 4 is 0 Å². The molecular formula is C13H25NO. The first-order valence-electron chi connectivity index (χ1n) is 6.55. The summed E-state index contributed by atoms with van der Waals surface area (Å²) in [6.45, 7) is 6.77. The maximum atomic E-state index is 10.5. The van der Waals surface area contributed by atoms with Crippen molar-refractivity contribution in [2.45, 2.75) is 64.0 Å². The van der Waals surface area contributed by atoms with Crippen LogP contribution in [0.4, 0.5) is 0 Å². The highest BCUT2D eigenvalue weighted by molar-refractivity contribution is 4.89. The van der Waals surface area contributed by atoms with Crippen molar-refractivity contribution in [2.75, 3.05) is 13.1 Å². The van der Waals surface area contributed by atoms with E-state index < -0.39 is 0 Å². The van der Waals surface area contributed by atoms with Crippen molar-refractivity contribution in [1.29, 1.82) is 0 Å². The molecule has 1 aliphatic carbocycles. The topological polar surface area (TPSA) is 23.5 Å². The highest BCUT2D eigenvalue weighted by Gasteiger charge is 2.36. The van der Waals surface area contributed by atoms with Gasteiger partial charge in [0.2, 0.25) is 0 Å². The summed E-state index contributed by atoms with van der Waals surface area (Å²) in [5, 5.41) is 10.5. The molecule has 1 aliphatic heterocycles. The van der Waals surface area contributed by atoms with Crippen LogP contribution in [0.1, 0.15) is 52.4 Å². The molecule has 1 unspecified atom stereocenters. The van der Waals surface area contributed by atoms with E-state index in [1.165, 1.54) is 25.8 Å². The fourth-order valence-corrected chi connectivity index (χ4v) is 2.78. The third-order valence-electron chi connectivity index (χ3n) is 4.05. The van der Waals surface area contributed by atoms with Crippen molar-refractivity contribution in [1.82, 2.24) is 4.90 Å². The van der Waals surface area contributed by atoms with Crippen LogP contribution in [0.25, 0.3) is 0 Å². The molecule has 0 amide bonds. The van der Waals surface area contributed by atoms with Gasteiger partial charge >= 0.3 is 0 Å². The lowest BCUT2D eigenvalue weighted by atomic mass is 9.89.